The predicted molar refractivity (Wildman–Crippen MR) is 131 cm³/mol. The summed E-state index contributed by atoms with van der Waals surface area (Å²) in [6, 6.07) is 15.4. The van der Waals surface area contributed by atoms with E-state index < -0.39 is 18.0 Å². The second-order valence-corrected chi connectivity index (χ2v) is 9.17. The van der Waals surface area contributed by atoms with Gasteiger partial charge in [-0.2, -0.15) is 0 Å². The second-order valence-electron chi connectivity index (χ2n) is 9.17. The van der Waals surface area contributed by atoms with Gasteiger partial charge in [0.05, 0.1) is 32.3 Å². The predicted octanol–water partition coefficient (Wildman–Crippen LogP) is 3.84. The Kier molecular flexibility index (Phi) is 8.59. The van der Waals surface area contributed by atoms with E-state index in [-0.39, 0.29) is 24.5 Å². The maximum atomic E-state index is 12.8. The molecule has 2 amide bonds. The average molecular weight is 496 g/mol. The zero-order chi connectivity index (χ0) is 25.5. The Balaban J connectivity index is 1.33. The molecule has 8 nitrogen and oxygen atoms in total. The number of imide groups is 1. The van der Waals surface area contributed by atoms with E-state index in [1.807, 2.05) is 48.5 Å². The number of rotatable bonds is 10. The number of amides is 2. The maximum Gasteiger partial charge on any atom is 0.303 e. The van der Waals surface area contributed by atoms with Gasteiger partial charge in [-0.15, -0.1) is 0 Å². The molecule has 2 aliphatic rings. The molecule has 1 saturated heterocycles. The highest BCUT2D eigenvalue weighted by atomic mass is 16.5. The topological polar surface area (TPSA) is 91.4 Å². The lowest BCUT2D eigenvalue weighted by molar-refractivity contribution is -0.158. The van der Waals surface area contributed by atoms with E-state index in [1.54, 1.807) is 7.11 Å². The number of carbonyl (C=O) groups excluding carboxylic acids is 3. The fourth-order valence-corrected chi connectivity index (χ4v) is 4.88. The van der Waals surface area contributed by atoms with Crippen molar-refractivity contribution in [2.24, 2.45) is 0 Å². The number of benzene rings is 2. The minimum atomic E-state index is -1.02. The smallest absolute Gasteiger partial charge is 0.303 e. The first-order chi connectivity index (χ1) is 17.5. The van der Waals surface area contributed by atoms with Gasteiger partial charge >= 0.3 is 5.97 Å². The zero-order valence-electron chi connectivity index (χ0n) is 20.8. The number of esters is 1. The molecule has 1 aliphatic carbocycles. The molecule has 0 spiro atoms. The molecule has 4 rings (SSSR count). The second kappa shape index (κ2) is 12.0. The van der Waals surface area contributed by atoms with Gasteiger partial charge in [0.2, 0.25) is 5.91 Å². The maximum absolute atomic E-state index is 12.8. The Morgan fingerprint density at radius 2 is 1.78 bits per heavy atom. The molecule has 192 valence electrons. The van der Waals surface area contributed by atoms with Gasteiger partial charge in [0, 0.05) is 6.92 Å². The van der Waals surface area contributed by atoms with E-state index >= 15 is 0 Å². The lowest BCUT2D eigenvalue weighted by atomic mass is 9.91. The highest BCUT2D eigenvalue weighted by molar-refractivity contribution is 6.06. The molecule has 0 bridgehead atoms. The standard InChI is InChI=1S/C28H33NO7/c1-19(30)36-26-17-27(31)29(28(26)32)22-10-6-7-11-23(22)34-15-14-20-12-13-24(25(16-20)33-2)35-18-21-8-4-3-5-9-21/h3-5,8-9,12-13,16,22-23,26H,6-7,10-11,14-15,17-18H2,1-2H3/t22?,23?,26-/m1/s1. The van der Waals surface area contributed by atoms with Crippen LogP contribution in [0.2, 0.25) is 0 Å². The minimum absolute atomic E-state index is 0.0971. The SMILES string of the molecule is COc1cc(CCOC2CCCCC2N2C(=O)C[C@@H](OC(C)=O)C2=O)ccc1OCc1ccccc1. The van der Waals surface area contributed by atoms with E-state index in [1.165, 1.54) is 11.8 Å². The van der Waals surface area contributed by atoms with Crippen LogP contribution in [0, 0.1) is 0 Å². The van der Waals surface area contributed by atoms with E-state index in [2.05, 4.69) is 0 Å². The molecule has 8 heteroatoms. The third-order valence-corrected chi connectivity index (χ3v) is 6.64. The van der Waals surface area contributed by atoms with Crippen molar-refractivity contribution in [1.29, 1.82) is 0 Å². The van der Waals surface area contributed by atoms with Gasteiger partial charge in [0.25, 0.3) is 5.91 Å². The third-order valence-electron chi connectivity index (χ3n) is 6.64. The van der Waals surface area contributed by atoms with Crippen molar-refractivity contribution in [2.75, 3.05) is 13.7 Å². The van der Waals surface area contributed by atoms with Gasteiger partial charge in [-0.05, 0) is 42.5 Å². The largest absolute Gasteiger partial charge is 0.493 e. The summed E-state index contributed by atoms with van der Waals surface area (Å²) in [5.74, 6) is 0.0240. The Labute approximate surface area is 211 Å². The Morgan fingerprint density at radius 3 is 2.53 bits per heavy atom. The van der Waals surface area contributed by atoms with Crippen LogP contribution in [0.4, 0.5) is 0 Å². The number of carbonyl (C=O) groups is 3. The lowest BCUT2D eigenvalue weighted by Gasteiger charge is -2.36. The van der Waals surface area contributed by atoms with Crippen LogP contribution in [0.1, 0.15) is 50.2 Å². The highest BCUT2D eigenvalue weighted by Crippen LogP contribution is 2.32. The molecule has 0 N–H and O–H groups in total. The molecule has 1 aliphatic heterocycles. The lowest BCUT2D eigenvalue weighted by Crippen LogP contribution is -2.50. The van der Waals surface area contributed by atoms with E-state index in [0.29, 0.717) is 37.6 Å². The van der Waals surface area contributed by atoms with Crippen LogP contribution in [0.5, 0.6) is 11.5 Å². The number of hydrogen-bond donors (Lipinski definition) is 0. The summed E-state index contributed by atoms with van der Waals surface area (Å²) in [4.78, 5) is 38.0. The van der Waals surface area contributed by atoms with Crippen molar-refractivity contribution in [2.45, 2.75) is 70.3 Å². The number of ether oxygens (including phenoxy) is 4. The summed E-state index contributed by atoms with van der Waals surface area (Å²) in [7, 11) is 1.62. The van der Waals surface area contributed by atoms with Crippen LogP contribution in [0.3, 0.4) is 0 Å². The molecule has 0 aromatic heterocycles. The number of hydrogen-bond acceptors (Lipinski definition) is 7. The minimum Gasteiger partial charge on any atom is -0.493 e. The number of methoxy groups -OCH3 is 1. The van der Waals surface area contributed by atoms with Crippen LogP contribution in [-0.4, -0.2) is 54.7 Å². The van der Waals surface area contributed by atoms with Gasteiger partial charge in [-0.3, -0.25) is 19.3 Å². The van der Waals surface area contributed by atoms with Crippen molar-refractivity contribution in [3.05, 3.63) is 59.7 Å². The zero-order valence-corrected chi connectivity index (χ0v) is 20.8. The van der Waals surface area contributed by atoms with E-state index in [0.717, 1.165) is 30.4 Å². The summed E-state index contributed by atoms with van der Waals surface area (Å²) >= 11 is 0. The average Bonchev–Trinajstić information content (AvgIpc) is 3.15. The monoisotopic (exact) mass is 495 g/mol. The molecule has 2 unspecified atom stereocenters. The van der Waals surface area contributed by atoms with Gasteiger partial charge < -0.3 is 18.9 Å². The molecule has 2 aromatic carbocycles. The molecule has 2 fully saturated rings. The van der Waals surface area contributed by atoms with Crippen molar-refractivity contribution in [3.63, 3.8) is 0 Å². The van der Waals surface area contributed by atoms with Crippen molar-refractivity contribution >= 4 is 17.8 Å². The summed E-state index contributed by atoms with van der Waals surface area (Å²) in [6.07, 6.45) is 2.65. The van der Waals surface area contributed by atoms with E-state index in [4.69, 9.17) is 18.9 Å². The Bertz CT molecular complexity index is 1070. The Morgan fingerprint density at radius 1 is 1.00 bits per heavy atom. The van der Waals surface area contributed by atoms with Crippen LogP contribution in [0.15, 0.2) is 48.5 Å². The van der Waals surface area contributed by atoms with Crippen molar-refractivity contribution in [1.82, 2.24) is 4.90 Å². The number of likely N-dealkylation sites (tertiary alicyclic amines) is 1. The molecule has 1 saturated carbocycles. The molecule has 3 atom stereocenters. The molecule has 1 heterocycles. The first-order valence-corrected chi connectivity index (χ1v) is 12.4. The fourth-order valence-electron chi connectivity index (χ4n) is 4.88. The Hall–Kier alpha value is -3.39. The third kappa shape index (κ3) is 6.23. The quantitative estimate of drug-likeness (QED) is 0.365. The molecular formula is C28H33NO7. The van der Waals surface area contributed by atoms with E-state index in [9.17, 15) is 14.4 Å². The molecular weight excluding hydrogens is 462 g/mol. The number of nitrogens with zero attached hydrogens (tertiary/aromatic N) is 1. The summed E-state index contributed by atoms with van der Waals surface area (Å²) < 4.78 is 22.7. The van der Waals surface area contributed by atoms with Crippen molar-refractivity contribution in [3.8, 4) is 11.5 Å². The molecule has 2 aromatic rings. The normalized spacial score (nSPS) is 21.9. The van der Waals surface area contributed by atoms with Gasteiger partial charge in [0.1, 0.15) is 6.61 Å². The first kappa shape index (κ1) is 25.7. The van der Waals surface area contributed by atoms with Crippen LogP contribution < -0.4 is 9.47 Å². The van der Waals surface area contributed by atoms with Crippen LogP contribution in [-0.2, 0) is 36.9 Å². The fraction of sp³-hybridized carbons (Fsp3) is 0.464. The van der Waals surface area contributed by atoms with Gasteiger partial charge in [-0.25, -0.2) is 0 Å². The van der Waals surface area contributed by atoms with Crippen LogP contribution >= 0.6 is 0 Å². The molecule has 0 radical (unpaired) electrons. The van der Waals surface area contributed by atoms with Gasteiger partial charge in [0.15, 0.2) is 17.6 Å². The summed E-state index contributed by atoms with van der Waals surface area (Å²) in [6.45, 7) is 2.14. The van der Waals surface area contributed by atoms with Crippen molar-refractivity contribution < 1.29 is 33.3 Å². The van der Waals surface area contributed by atoms with Gasteiger partial charge in [-0.1, -0.05) is 49.2 Å². The highest BCUT2D eigenvalue weighted by Gasteiger charge is 2.47. The van der Waals surface area contributed by atoms with Crippen LogP contribution in [0.25, 0.3) is 0 Å². The first-order valence-electron chi connectivity index (χ1n) is 12.4. The summed E-state index contributed by atoms with van der Waals surface area (Å²) in [5.41, 5.74) is 2.11. The summed E-state index contributed by atoms with van der Waals surface area (Å²) in [5, 5.41) is 0. The molecule has 36 heavy (non-hydrogen) atoms.